The van der Waals surface area contributed by atoms with E-state index in [1.807, 2.05) is 0 Å². The van der Waals surface area contributed by atoms with Crippen molar-refractivity contribution in [3.63, 3.8) is 0 Å². The van der Waals surface area contributed by atoms with E-state index in [2.05, 4.69) is 10.6 Å². The zero-order valence-electron chi connectivity index (χ0n) is 11.3. The van der Waals surface area contributed by atoms with Gasteiger partial charge in [-0.15, -0.1) is 12.4 Å². The van der Waals surface area contributed by atoms with Crippen LogP contribution in [-0.2, 0) is 4.79 Å². The maximum atomic E-state index is 13.7. The van der Waals surface area contributed by atoms with Crippen molar-refractivity contribution in [2.24, 2.45) is 5.92 Å². The van der Waals surface area contributed by atoms with Gasteiger partial charge in [0.15, 0.2) is 0 Å². The van der Waals surface area contributed by atoms with Crippen LogP contribution in [0.1, 0.15) is 31.4 Å². The van der Waals surface area contributed by atoms with Crippen LogP contribution in [0.3, 0.4) is 0 Å². The Morgan fingerprint density at radius 1 is 1.55 bits per heavy atom. The van der Waals surface area contributed by atoms with E-state index in [1.165, 1.54) is 6.07 Å². The molecule has 20 heavy (non-hydrogen) atoms. The van der Waals surface area contributed by atoms with Gasteiger partial charge in [-0.2, -0.15) is 0 Å². The minimum absolute atomic E-state index is 0. The van der Waals surface area contributed by atoms with Gasteiger partial charge in [0.1, 0.15) is 5.82 Å². The molecule has 2 unspecified atom stereocenters. The first-order valence-electron chi connectivity index (χ1n) is 6.54. The molecule has 0 aromatic heterocycles. The second-order valence-electron chi connectivity index (χ2n) is 4.91. The molecule has 2 atom stereocenters. The fourth-order valence-corrected chi connectivity index (χ4v) is 2.73. The first-order valence-corrected chi connectivity index (χ1v) is 6.92. The molecule has 0 spiro atoms. The summed E-state index contributed by atoms with van der Waals surface area (Å²) in [6, 6.07) is 4.11. The largest absolute Gasteiger partial charge is 0.349 e. The van der Waals surface area contributed by atoms with Gasteiger partial charge in [0, 0.05) is 17.1 Å². The molecule has 6 heteroatoms. The molecule has 1 saturated heterocycles. The maximum Gasteiger partial charge on any atom is 0.224 e. The minimum atomic E-state index is -0.428. The maximum absolute atomic E-state index is 13.7. The Labute approximate surface area is 129 Å². The third kappa shape index (κ3) is 4.08. The summed E-state index contributed by atoms with van der Waals surface area (Å²) in [7, 11) is 0. The average Bonchev–Trinajstić information content (AvgIpc) is 2.39. The van der Waals surface area contributed by atoms with Crippen molar-refractivity contribution in [1.82, 2.24) is 10.6 Å². The number of rotatable bonds is 3. The number of hydrogen-bond donors (Lipinski definition) is 2. The number of piperidine rings is 1. The van der Waals surface area contributed by atoms with Crippen LogP contribution in [-0.4, -0.2) is 19.0 Å². The summed E-state index contributed by atoms with van der Waals surface area (Å²) in [6.07, 6.45) is 1.86. The normalized spacial score (nSPS) is 19.9. The van der Waals surface area contributed by atoms with Gasteiger partial charge in [0.2, 0.25) is 5.91 Å². The first kappa shape index (κ1) is 17.2. The Balaban J connectivity index is 0.00000200. The number of carbonyl (C=O) groups is 1. The second kappa shape index (κ2) is 7.81. The summed E-state index contributed by atoms with van der Waals surface area (Å²) in [6.45, 7) is 3.39. The van der Waals surface area contributed by atoms with Gasteiger partial charge in [0.05, 0.1) is 12.0 Å². The minimum Gasteiger partial charge on any atom is -0.349 e. The van der Waals surface area contributed by atoms with Crippen LogP contribution < -0.4 is 10.6 Å². The smallest absolute Gasteiger partial charge is 0.224 e. The molecule has 0 radical (unpaired) electrons. The van der Waals surface area contributed by atoms with E-state index in [1.54, 1.807) is 19.1 Å². The highest BCUT2D eigenvalue weighted by Gasteiger charge is 2.24. The monoisotopic (exact) mass is 320 g/mol. The lowest BCUT2D eigenvalue weighted by atomic mass is 9.98. The Hall–Kier alpha value is -0.840. The van der Waals surface area contributed by atoms with E-state index in [4.69, 9.17) is 11.6 Å². The van der Waals surface area contributed by atoms with Gasteiger partial charge in [-0.1, -0.05) is 17.7 Å². The number of benzene rings is 1. The number of amides is 1. The fraction of sp³-hybridized carbons (Fsp3) is 0.500. The molecule has 0 saturated carbocycles. The van der Waals surface area contributed by atoms with Crippen molar-refractivity contribution in [2.75, 3.05) is 13.1 Å². The number of halogens is 3. The van der Waals surface area contributed by atoms with E-state index in [0.717, 1.165) is 19.4 Å². The zero-order chi connectivity index (χ0) is 13.8. The predicted molar refractivity (Wildman–Crippen MR) is 80.8 cm³/mol. The topological polar surface area (TPSA) is 41.1 Å². The van der Waals surface area contributed by atoms with Gasteiger partial charge >= 0.3 is 0 Å². The number of carbonyl (C=O) groups excluding carboxylic acids is 1. The van der Waals surface area contributed by atoms with Crippen LogP contribution in [0.25, 0.3) is 0 Å². The van der Waals surface area contributed by atoms with Crippen molar-refractivity contribution in [1.29, 1.82) is 0 Å². The Bertz CT molecular complexity index is 444. The molecule has 1 fully saturated rings. The Morgan fingerprint density at radius 3 is 2.90 bits per heavy atom. The standard InChI is InChI=1S/C14H18ClFN2O.ClH/c1-9(13-11(15)5-2-6-12(13)16)18-14(19)10-4-3-7-17-8-10;/h2,5-6,9-10,17H,3-4,7-8H2,1H3,(H,18,19);1H. The summed E-state index contributed by atoms with van der Waals surface area (Å²) in [5.41, 5.74) is 0.348. The molecule has 1 amide bonds. The van der Waals surface area contributed by atoms with E-state index in [-0.39, 0.29) is 30.0 Å². The second-order valence-corrected chi connectivity index (χ2v) is 5.32. The third-order valence-corrected chi connectivity index (χ3v) is 3.79. The van der Waals surface area contributed by atoms with Crippen LogP contribution in [0.15, 0.2) is 18.2 Å². The first-order chi connectivity index (χ1) is 9.09. The molecule has 1 aromatic carbocycles. The molecular formula is C14H19Cl2FN2O. The van der Waals surface area contributed by atoms with Gasteiger partial charge in [-0.3, -0.25) is 4.79 Å². The summed E-state index contributed by atoms with van der Waals surface area (Å²) < 4.78 is 13.7. The lowest BCUT2D eigenvalue weighted by molar-refractivity contribution is -0.126. The number of nitrogens with one attached hydrogen (secondary N) is 2. The van der Waals surface area contributed by atoms with Gasteiger partial charge in [0.25, 0.3) is 0 Å². The quantitative estimate of drug-likeness (QED) is 0.898. The zero-order valence-corrected chi connectivity index (χ0v) is 12.9. The van der Waals surface area contributed by atoms with Gasteiger partial charge < -0.3 is 10.6 Å². The van der Waals surface area contributed by atoms with E-state index in [0.29, 0.717) is 17.1 Å². The lowest BCUT2D eigenvalue weighted by Crippen LogP contribution is -2.41. The molecule has 1 aliphatic rings. The highest BCUT2D eigenvalue weighted by atomic mass is 35.5. The highest BCUT2D eigenvalue weighted by Crippen LogP contribution is 2.26. The van der Waals surface area contributed by atoms with Crippen molar-refractivity contribution < 1.29 is 9.18 Å². The van der Waals surface area contributed by atoms with E-state index in [9.17, 15) is 9.18 Å². The molecule has 1 aromatic rings. The number of hydrogen-bond acceptors (Lipinski definition) is 2. The van der Waals surface area contributed by atoms with Crippen molar-refractivity contribution in [2.45, 2.75) is 25.8 Å². The van der Waals surface area contributed by atoms with E-state index < -0.39 is 6.04 Å². The molecule has 2 N–H and O–H groups in total. The molecule has 1 aliphatic heterocycles. The predicted octanol–water partition coefficient (Wildman–Crippen LogP) is 3.08. The van der Waals surface area contributed by atoms with Crippen LogP contribution in [0.2, 0.25) is 5.02 Å². The Morgan fingerprint density at radius 2 is 2.30 bits per heavy atom. The third-order valence-electron chi connectivity index (χ3n) is 3.46. The fourth-order valence-electron chi connectivity index (χ4n) is 2.40. The molecule has 0 aliphatic carbocycles. The van der Waals surface area contributed by atoms with Crippen LogP contribution in [0.4, 0.5) is 4.39 Å². The molecule has 3 nitrogen and oxygen atoms in total. The van der Waals surface area contributed by atoms with Crippen molar-refractivity contribution in [3.05, 3.63) is 34.6 Å². The Kier molecular flexibility index (Phi) is 6.72. The van der Waals surface area contributed by atoms with Crippen molar-refractivity contribution >= 4 is 29.9 Å². The summed E-state index contributed by atoms with van der Waals surface area (Å²) in [5.74, 6) is -0.470. The highest BCUT2D eigenvalue weighted by molar-refractivity contribution is 6.31. The molecule has 2 rings (SSSR count). The lowest BCUT2D eigenvalue weighted by Gasteiger charge is -2.24. The van der Waals surface area contributed by atoms with Crippen LogP contribution in [0.5, 0.6) is 0 Å². The average molecular weight is 321 g/mol. The van der Waals surface area contributed by atoms with Gasteiger partial charge in [-0.05, 0) is 38.4 Å². The SMILES string of the molecule is CC(NC(=O)C1CCCNC1)c1c(F)cccc1Cl.Cl. The van der Waals surface area contributed by atoms with Crippen LogP contribution >= 0.6 is 24.0 Å². The molecule has 0 bridgehead atoms. The molecule has 1 heterocycles. The van der Waals surface area contributed by atoms with Crippen LogP contribution in [0, 0.1) is 11.7 Å². The molecular weight excluding hydrogens is 302 g/mol. The van der Waals surface area contributed by atoms with E-state index >= 15 is 0 Å². The summed E-state index contributed by atoms with van der Waals surface area (Å²) >= 11 is 5.99. The summed E-state index contributed by atoms with van der Waals surface area (Å²) in [5, 5.41) is 6.38. The van der Waals surface area contributed by atoms with Gasteiger partial charge in [-0.25, -0.2) is 4.39 Å². The van der Waals surface area contributed by atoms with Crippen molar-refractivity contribution in [3.8, 4) is 0 Å². The summed E-state index contributed by atoms with van der Waals surface area (Å²) in [4.78, 5) is 12.1. The molecule has 112 valence electrons.